The molecule has 0 unspecified atom stereocenters. The van der Waals surface area contributed by atoms with Crippen molar-refractivity contribution >= 4 is 11.6 Å². The number of hydrogen-bond donors (Lipinski definition) is 1. The van der Waals surface area contributed by atoms with Crippen LogP contribution in [0.1, 0.15) is 12.5 Å². The molecule has 0 aromatic heterocycles. The quantitative estimate of drug-likeness (QED) is 0.479. The van der Waals surface area contributed by atoms with E-state index >= 15 is 0 Å². The number of hydrogen-bond acceptors (Lipinski definition) is 4. The lowest BCUT2D eigenvalue weighted by molar-refractivity contribution is -0.119. The molecule has 1 N–H and O–H groups in total. The fraction of sp³-hybridized carbons (Fsp3) is 0.316. The normalized spacial score (nSPS) is 16.1. The van der Waals surface area contributed by atoms with Crippen LogP contribution in [0.25, 0.3) is 21.6 Å². The van der Waals surface area contributed by atoms with E-state index in [9.17, 15) is 9.18 Å². The molecule has 2 aromatic carbocycles. The van der Waals surface area contributed by atoms with Crippen molar-refractivity contribution in [2.45, 2.75) is 19.6 Å². The second kappa shape index (κ2) is 8.53. The van der Waals surface area contributed by atoms with E-state index in [1.807, 2.05) is 35.2 Å². The summed E-state index contributed by atoms with van der Waals surface area (Å²) < 4.78 is 20.3. The van der Waals surface area contributed by atoms with Crippen LogP contribution in [0.15, 0.2) is 47.6 Å². The van der Waals surface area contributed by atoms with E-state index in [0.29, 0.717) is 25.4 Å². The fourth-order valence-electron chi connectivity index (χ4n) is 2.95. The summed E-state index contributed by atoms with van der Waals surface area (Å²) >= 11 is 0. The molecule has 1 aliphatic rings. The molecule has 27 heavy (non-hydrogen) atoms. The van der Waals surface area contributed by atoms with Gasteiger partial charge in [0, 0.05) is 36.2 Å². The summed E-state index contributed by atoms with van der Waals surface area (Å²) in [5.41, 5.74) is 11.2. The Morgan fingerprint density at radius 2 is 2.15 bits per heavy atom. The number of rotatable bonds is 6. The van der Waals surface area contributed by atoms with Crippen LogP contribution in [0, 0.1) is 5.82 Å². The predicted molar refractivity (Wildman–Crippen MR) is 100 cm³/mol. The summed E-state index contributed by atoms with van der Waals surface area (Å²) in [6, 6.07) is 12.3. The SMILES string of the molecule is CC(=O)NC[C@H]1CN(c2ccc(-c3ccc(CN=[N+]=[N-])cc3)c(F)c2)CO1. The van der Waals surface area contributed by atoms with Crippen LogP contribution >= 0.6 is 0 Å². The van der Waals surface area contributed by atoms with Gasteiger partial charge in [-0.15, -0.1) is 0 Å². The Balaban J connectivity index is 1.69. The van der Waals surface area contributed by atoms with Crippen LogP contribution in [0.4, 0.5) is 10.1 Å². The first-order chi connectivity index (χ1) is 13.1. The Morgan fingerprint density at radius 3 is 2.81 bits per heavy atom. The highest BCUT2D eigenvalue weighted by atomic mass is 19.1. The van der Waals surface area contributed by atoms with Crippen LogP contribution in [-0.2, 0) is 16.1 Å². The summed E-state index contributed by atoms with van der Waals surface area (Å²) in [6.45, 7) is 3.12. The molecule has 0 saturated carbocycles. The van der Waals surface area contributed by atoms with E-state index in [4.69, 9.17) is 10.3 Å². The monoisotopic (exact) mass is 369 g/mol. The van der Waals surface area contributed by atoms with E-state index in [1.165, 1.54) is 13.0 Å². The van der Waals surface area contributed by atoms with E-state index < -0.39 is 0 Å². The summed E-state index contributed by atoms with van der Waals surface area (Å²) in [6.07, 6.45) is -0.111. The van der Waals surface area contributed by atoms with E-state index in [-0.39, 0.29) is 24.4 Å². The van der Waals surface area contributed by atoms with Gasteiger partial charge in [-0.2, -0.15) is 0 Å². The molecule has 1 saturated heterocycles. The summed E-state index contributed by atoms with van der Waals surface area (Å²) in [4.78, 5) is 15.7. The minimum atomic E-state index is -0.319. The lowest BCUT2D eigenvalue weighted by Gasteiger charge is -2.17. The summed E-state index contributed by atoms with van der Waals surface area (Å²) in [7, 11) is 0. The number of azide groups is 1. The number of amides is 1. The van der Waals surface area contributed by atoms with Crippen molar-refractivity contribution in [1.29, 1.82) is 0 Å². The molecular formula is C19H20FN5O2. The average molecular weight is 369 g/mol. The topological polar surface area (TPSA) is 90.3 Å². The molecule has 0 aliphatic carbocycles. The van der Waals surface area contributed by atoms with Crippen LogP contribution in [0.3, 0.4) is 0 Å². The molecule has 1 aliphatic heterocycles. The minimum absolute atomic E-state index is 0.0992. The van der Waals surface area contributed by atoms with Crippen molar-refractivity contribution < 1.29 is 13.9 Å². The first kappa shape index (κ1) is 18.7. The molecule has 1 heterocycles. The molecular weight excluding hydrogens is 349 g/mol. The average Bonchev–Trinajstić information content (AvgIpc) is 3.14. The zero-order valence-electron chi connectivity index (χ0n) is 14.9. The molecule has 8 heteroatoms. The van der Waals surface area contributed by atoms with Gasteiger partial charge in [0.25, 0.3) is 0 Å². The van der Waals surface area contributed by atoms with Gasteiger partial charge in [-0.1, -0.05) is 29.4 Å². The lowest BCUT2D eigenvalue weighted by Crippen LogP contribution is -2.33. The second-order valence-corrected chi connectivity index (χ2v) is 6.33. The maximum absolute atomic E-state index is 14.7. The highest BCUT2D eigenvalue weighted by Crippen LogP contribution is 2.28. The third-order valence-electron chi connectivity index (χ3n) is 4.37. The number of benzene rings is 2. The van der Waals surface area contributed by atoms with E-state index in [1.54, 1.807) is 6.07 Å². The Kier molecular flexibility index (Phi) is 5.90. The smallest absolute Gasteiger partial charge is 0.216 e. The van der Waals surface area contributed by atoms with E-state index in [0.717, 1.165) is 16.8 Å². The number of nitrogens with one attached hydrogen (secondary N) is 1. The maximum atomic E-state index is 14.7. The van der Waals surface area contributed by atoms with Crippen molar-refractivity contribution in [3.05, 3.63) is 64.3 Å². The van der Waals surface area contributed by atoms with Crippen LogP contribution in [-0.4, -0.2) is 31.8 Å². The molecule has 1 amide bonds. The zero-order valence-corrected chi connectivity index (χ0v) is 14.9. The molecule has 140 valence electrons. The standard InChI is InChI=1S/C19H20FN5O2/c1-13(26)22-10-17-11-25(12-27-17)16-6-7-18(19(20)8-16)15-4-2-14(3-5-15)9-23-24-21/h2-8,17H,9-12H2,1H3,(H,22,26)/t17-/m0/s1. The number of carbonyl (C=O) groups excluding carboxylic acids is 1. The third-order valence-corrected chi connectivity index (χ3v) is 4.37. The Hall–Kier alpha value is -3.09. The number of halogens is 1. The lowest BCUT2D eigenvalue weighted by atomic mass is 10.0. The molecule has 1 fully saturated rings. The van der Waals surface area contributed by atoms with Gasteiger partial charge in [0.2, 0.25) is 5.91 Å². The minimum Gasteiger partial charge on any atom is -0.354 e. The number of anilines is 1. The molecule has 0 radical (unpaired) electrons. The number of nitrogens with zero attached hydrogens (tertiary/aromatic N) is 4. The zero-order chi connectivity index (χ0) is 19.2. The third kappa shape index (κ3) is 4.75. The van der Waals surface area contributed by atoms with Gasteiger partial charge in [-0.25, -0.2) is 4.39 Å². The van der Waals surface area contributed by atoms with Crippen molar-refractivity contribution in [3.8, 4) is 11.1 Å². The predicted octanol–water partition coefficient (Wildman–Crippen LogP) is 3.60. The molecule has 7 nitrogen and oxygen atoms in total. The van der Waals surface area contributed by atoms with Crippen LogP contribution in [0.5, 0.6) is 0 Å². The number of carbonyl (C=O) groups is 1. The molecule has 3 rings (SSSR count). The molecule has 0 bridgehead atoms. The Morgan fingerprint density at radius 1 is 1.37 bits per heavy atom. The van der Waals surface area contributed by atoms with Gasteiger partial charge in [0.05, 0.1) is 12.6 Å². The van der Waals surface area contributed by atoms with Gasteiger partial charge < -0.3 is 15.0 Å². The van der Waals surface area contributed by atoms with Gasteiger partial charge >= 0.3 is 0 Å². The highest BCUT2D eigenvalue weighted by molar-refractivity contribution is 5.72. The largest absolute Gasteiger partial charge is 0.354 e. The first-order valence-electron chi connectivity index (χ1n) is 8.57. The van der Waals surface area contributed by atoms with Gasteiger partial charge in [0.1, 0.15) is 12.5 Å². The van der Waals surface area contributed by atoms with Crippen LogP contribution in [0.2, 0.25) is 0 Å². The Labute approximate surface area is 156 Å². The van der Waals surface area contributed by atoms with Crippen molar-refractivity contribution in [2.24, 2.45) is 5.11 Å². The number of ether oxygens (including phenoxy) is 1. The van der Waals surface area contributed by atoms with Crippen molar-refractivity contribution in [3.63, 3.8) is 0 Å². The molecule has 2 aromatic rings. The highest BCUT2D eigenvalue weighted by Gasteiger charge is 2.24. The molecule has 0 spiro atoms. The summed E-state index contributed by atoms with van der Waals surface area (Å²) in [5.74, 6) is -0.418. The molecule has 1 atom stereocenters. The fourth-order valence-corrected chi connectivity index (χ4v) is 2.95. The second-order valence-electron chi connectivity index (χ2n) is 6.33. The maximum Gasteiger partial charge on any atom is 0.216 e. The Bertz CT molecular complexity index is 865. The van der Waals surface area contributed by atoms with Gasteiger partial charge in [-0.3, -0.25) is 4.79 Å². The van der Waals surface area contributed by atoms with Gasteiger partial charge in [0.15, 0.2) is 0 Å². The van der Waals surface area contributed by atoms with Crippen LogP contribution < -0.4 is 10.2 Å². The van der Waals surface area contributed by atoms with E-state index in [2.05, 4.69) is 15.3 Å². The summed E-state index contributed by atoms with van der Waals surface area (Å²) in [5, 5.41) is 6.24. The van der Waals surface area contributed by atoms with Crippen molar-refractivity contribution in [2.75, 3.05) is 24.7 Å². The first-order valence-corrected chi connectivity index (χ1v) is 8.57. The van der Waals surface area contributed by atoms with Crippen molar-refractivity contribution in [1.82, 2.24) is 5.32 Å². The van der Waals surface area contributed by atoms with Gasteiger partial charge in [-0.05, 0) is 34.9 Å².